The molecule has 1 aliphatic carbocycles. The van der Waals surface area contributed by atoms with Crippen molar-refractivity contribution in [3.8, 4) is 0 Å². The number of rotatable bonds is 8. The molecule has 1 atom stereocenters. The van der Waals surface area contributed by atoms with Gasteiger partial charge in [0.1, 0.15) is 6.10 Å². The van der Waals surface area contributed by atoms with E-state index in [1.54, 1.807) is 6.92 Å². The first-order valence-electron chi connectivity index (χ1n) is 8.89. The zero-order valence-corrected chi connectivity index (χ0v) is 15.5. The molecule has 6 heteroatoms. The summed E-state index contributed by atoms with van der Waals surface area (Å²) in [6.45, 7) is 1.80. The van der Waals surface area contributed by atoms with Crippen LogP contribution in [0.25, 0.3) is 0 Å². The largest absolute Gasteiger partial charge is 0.481 e. The summed E-state index contributed by atoms with van der Waals surface area (Å²) in [5.41, 5.74) is 1.70. The summed E-state index contributed by atoms with van der Waals surface area (Å²) in [6.07, 6.45) is 6.64. The van der Waals surface area contributed by atoms with E-state index < -0.39 is 12.1 Å². The SMILES string of the molecule is CC(OC1CCCCCC1)C(=O)Nc1cccc(CSCC(=O)O)c1. The summed E-state index contributed by atoms with van der Waals surface area (Å²) < 4.78 is 5.95. The average Bonchev–Trinajstić information content (AvgIpc) is 2.83. The fourth-order valence-corrected chi connectivity index (χ4v) is 3.66. The van der Waals surface area contributed by atoms with E-state index in [-0.39, 0.29) is 17.8 Å². The molecular weight excluding hydrogens is 338 g/mol. The highest BCUT2D eigenvalue weighted by molar-refractivity contribution is 7.99. The first-order valence-corrected chi connectivity index (χ1v) is 10.0. The van der Waals surface area contributed by atoms with E-state index in [2.05, 4.69) is 5.32 Å². The Hall–Kier alpha value is -1.53. The van der Waals surface area contributed by atoms with Gasteiger partial charge in [-0.2, -0.15) is 0 Å². The number of aliphatic carboxylic acids is 1. The molecule has 138 valence electrons. The molecule has 0 aliphatic heterocycles. The molecule has 1 aromatic rings. The molecule has 5 nitrogen and oxygen atoms in total. The minimum Gasteiger partial charge on any atom is -0.481 e. The average molecular weight is 365 g/mol. The third-order valence-corrected chi connectivity index (χ3v) is 5.25. The molecule has 2 N–H and O–H groups in total. The Kier molecular flexibility index (Phi) is 8.28. The Balaban J connectivity index is 1.83. The standard InChI is InChI=1S/C19H27NO4S/c1-14(24-17-9-4-2-3-5-10-17)19(23)20-16-8-6-7-15(11-16)12-25-13-18(21)22/h6-8,11,14,17H,2-5,9-10,12-13H2,1H3,(H,20,23)(H,21,22). The summed E-state index contributed by atoms with van der Waals surface area (Å²) in [6, 6.07) is 7.51. The van der Waals surface area contributed by atoms with Gasteiger partial charge in [-0.25, -0.2) is 0 Å². The number of anilines is 1. The second kappa shape index (κ2) is 10.5. The molecule has 1 amide bonds. The molecule has 0 saturated heterocycles. The number of carboxylic acids is 1. The summed E-state index contributed by atoms with van der Waals surface area (Å²) in [5, 5.41) is 11.6. The Morgan fingerprint density at radius 1 is 1.28 bits per heavy atom. The second-order valence-corrected chi connectivity index (χ2v) is 7.45. The van der Waals surface area contributed by atoms with E-state index >= 15 is 0 Å². The number of benzene rings is 1. The van der Waals surface area contributed by atoms with Crippen LogP contribution < -0.4 is 5.32 Å². The van der Waals surface area contributed by atoms with Crippen LogP contribution in [0.15, 0.2) is 24.3 Å². The fraction of sp³-hybridized carbons (Fsp3) is 0.579. The maximum atomic E-state index is 12.4. The summed E-state index contributed by atoms with van der Waals surface area (Å²) >= 11 is 1.34. The number of carboxylic acid groups (broad SMARTS) is 1. The molecule has 1 aromatic carbocycles. The van der Waals surface area contributed by atoms with Crippen molar-refractivity contribution in [2.75, 3.05) is 11.1 Å². The monoisotopic (exact) mass is 365 g/mol. The van der Waals surface area contributed by atoms with Gasteiger partial charge in [0.2, 0.25) is 0 Å². The van der Waals surface area contributed by atoms with Crippen LogP contribution in [0.5, 0.6) is 0 Å². The molecule has 0 spiro atoms. The van der Waals surface area contributed by atoms with Crippen LogP contribution in [0.1, 0.15) is 51.0 Å². The quantitative estimate of drug-likeness (QED) is 0.679. The van der Waals surface area contributed by atoms with Gasteiger partial charge in [0, 0.05) is 11.4 Å². The van der Waals surface area contributed by atoms with Crippen molar-refractivity contribution in [3.63, 3.8) is 0 Å². The lowest BCUT2D eigenvalue weighted by Crippen LogP contribution is -2.31. The highest BCUT2D eigenvalue weighted by atomic mass is 32.2. The molecule has 0 bridgehead atoms. The topological polar surface area (TPSA) is 75.6 Å². The van der Waals surface area contributed by atoms with Crippen LogP contribution in [0, 0.1) is 0 Å². The fourth-order valence-electron chi connectivity index (χ4n) is 2.97. The molecule has 1 unspecified atom stereocenters. The van der Waals surface area contributed by atoms with Gasteiger partial charge in [0.15, 0.2) is 0 Å². The van der Waals surface area contributed by atoms with Crippen LogP contribution >= 0.6 is 11.8 Å². The minimum absolute atomic E-state index is 0.0723. The van der Waals surface area contributed by atoms with Gasteiger partial charge >= 0.3 is 5.97 Å². The normalized spacial score (nSPS) is 16.8. The van der Waals surface area contributed by atoms with Crippen molar-refractivity contribution in [1.29, 1.82) is 0 Å². The van der Waals surface area contributed by atoms with E-state index in [9.17, 15) is 9.59 Å². The third-order valence-electron chi connectivity index (χ3n) is 4.26. The van der Waals surface area contributed by atoms with Gasteiger partial charge in [0.05, 0.1) is 11.9 Å². The summed E-state index contributed by atoms with van der Waals surface area (Å²) in [7, 11) is 0. The highest BCUT2D eigenvalue weighted by Gasteiger charge is 2.20. The van der Waals surface area contributed by atoms with Crippen molar-refractivity contribution in [2.24, 2.45) is 0 Å². The van der Waals surface area contributed by atoms with Crippen molar-refractivity contribution >= 4 is 29.3 Å². The Morgan fingerprint density at radius 2 is 2.00 bits per heavy atom. The van der Waals surface area contributed by atoms with E-state index in [4.69, 9.17) is 9.84 Å². The summed E-state index contributed by atoms with van der Waals surface area (Å²) in [4.78, 5) is 22.9. The summed E-state index contributed by atoms with van der Waals surface area (Å²) in [5.74, 6) is -0.286. The first kappa shape index (κ1) is 19.8. The lowest BCUT2D eigenvalue weighted by atomic mass is 10.1. The van der Waals surface area contributed by atoms with Gasteiger partial charge < -0.3 is 15.2 Å². The van der Waals surface area contributed by atoms with Crippen LogP contribution in [0.3, 0.4) is 0 Å². The van der Waals surface area contributed by atoms with E-state index in [0.717, 1.165) is 24.1 Å². The molecule has 2 rings (SSSR count). The van der Waals surface area contributed by atoms with Crippen LogP contribution in [-0.4, -0.2) is 34.9 Å². The number of thioether (sulfide) groups is 1. The number of ether oxygens (including phenoxy) is 1. The molecule has 1 fully saturated rings. The van der Waals surface area contributed by atoms with Gasteiger partial charge in [-0.15, -0.1) is 11.8 Å². The molecule has 1 aliphatic rings. The highest BCUT2D eigenvalue weighted by Crippen LogP contribution is 2.22. The molecule has 25 heavy (non-hydrogen) atoms. The van der Waals surface area contributed by atoms with Crippen molar-refractivity contribution < 1.29 is 19.4 Å². The van der Waals surface area contributed by atoms with Crippen molar-refractivity contribution in [3.05, 3.63) is 29.8 Å². The molecule has 1 saturated carbocycles. The zero-order valence-electron chi connectivity index (χ0n) is 14.7. The molecular formula is C19H27NO4S. The van der Waals surface area contributed by atoms with E-state index in [1.165, 1.54) is 37.4 Å². The van der Waals surface area contributed by atoms with Gasteiger partial charge in [-0.1, -0.05) is 37.8 Å². The van der Waals surface area contributed by atoms with Crippen molar-refractivity contribution in [2.45, 2.75) is 63.4 Å². The van der Waals surface area contributed by atoms with Crippen LogP contribution in [0.4, 0.5) is 5.69 Å². The number of carbonyl (C=O) groups excluding carboxylic acids is 1. The van der Waals surface area contributed by atoms with Gasteiger partial charge in [-0.3, -0.25) is 9.59 Å². The lowest BCUT2D eigenvalue weighted by Gasteiger charge is -2.20. The number of hydrogen-bond donors (Lipinski definition) is 2. The number of amides is 1. The first-order chi connectivity index (χ1) is 12.0. The molecule has 0 radical (unpaired) electrons. The van der Waals surface area contributed by atoms with E-state index in [0.29, 0.717) is 5.75 Å². The van der Waals surface area contributed by atoms with Crippen molar-refractivity contribution in [1.82, 2.24) is 0 Å². The van der Waals surface area contributed by atoms with Crippen LogP contribution in [-0.2, 0) is 20.1 Å². The molecule has 0 heterocycles. The smallest absolute Gasteiger partial charge is 0.313 e. The second-order valence-electron chi connectivity index (χ2n) is 6.47. The number of nitrogens with one attached hydrogen (secondary N) is 1. The minimum atomic E-state index is -0.820. The predicted molar refractivity (Wildman–Crippen MR) is 101 cm³/mol. The van der Waals surface area contributed by atoms with E-state index in [1.807, 2.05) is 24.3 Å². The van der Waals surface area contributed by atoms with Gasteiger partial charge in [-0.05, 0) is 37.5 Å². The zero-order chi connectivity index (χ0) is 18.1. The van der Waals surface area contributed by atoms with Crippen LogP contribution in [0.2, 0.25) is 0 Å². The predicted octanol–water partition coefficient (Wildman–Crippen LogP) is 4.07. The number of carbonyl (C=O) groups is 2. The molecule has 0 aromatic heterocycles. The Labute approximate surface area is 153 Å². The maximum Gasteiger partial charge on any atom is 0.313 e. The lowest BCUT2D eigenvalue weighted by molar-refractivity contribution is -0.134. The Morgan fingerprint density at radius 3 is 2.68 bits per heavy atom. The third kappa shape index (κ3) is 7.48. The maximum absolute atomic E-state index is 12.4. The van der Waals surface area contributed by atoms with Gasteiger partial charge in [0.25, 0.3) is 5.91 Å². The Bertz CT molecular complexity index is 570. The number of hydrogen-bond acceptors (Lipinski definition) is 4.